The molecule has 7 heteroatoms. The fraction of sp³-hybridized carbons (Fsp3) is 1.00. The Kier molecular flexibility index (Phi) is 17.0. The molecule has 0 fully saturated rings. The molecule has 0 spiro atoms. The minimum atomic E-state index is -4.17. The molecule has 0 aromatic rings. The van der Waals surface area contributed by atoms with Gasteiger partial charge >= 0.3 is 10.4 Å². The average molecular weight is 348 g/mol. The number of unbranched alkanes of at least 4 members (excludes halogenated alkanes) is 9. The third-order valence-electron chi connectivity index (χ3n) is 2.82. The molecule has 0 saturated carbocycles. The molecule has 1 N–H and O–H groups in total. The van der Waals surface area contributed by atoms with Crippen molar-refractivity contribution in [3.63, 3.8) is 0 Å². The Morgan fingerprint density at radius 2 is 1.26 bits per heavy atom. The molecular formula is C12H26O5SZn. The zero-order valence-electron chi connectivity index (χ0n) is 12.0. The van der Waals surface area contributed by atoms with Crippen LogP contribution in [0.2, 0.25) is 0 Å². The van der Waals surface area contributed by atoms with Crippen LogP contribution in [0.4, 0.5) is 0 Å². The Morgan fingerprint density at radius 3 is 1.68 bits per heavy atom. The molecule has 19 heavy (non-hydrogen) atoms. The molecule has 0 aliphatic carbocycles. The molecule has 0 aliphatic heterocycles. The fourth-order valence-corrected chi connectivity index (χ4v) is 2.14. The Labute approximate surface area is 130 Å². The zero-order chi connectivity index (χ0) is 13.7. The van der Waals surface area contributed by atoms with Gasteiger partial charge in [0.05, 0.1) is 6.61 Å². The molecule has 0 amide bonds. The van der Waals surface area contributed by atoms with Crippen LogP contribution < -0.4 is 0 Å². The van der Waals surface area contributed by atoms with Crippen molar-refractivity contribution < 1.29 is 41.7 Å². The van der Waals surface area contributed by atoms with Crippen LogP contribution in [0.15, 0.2) is 0 Å². The van der Waals surface area contributed by atoms with Crippen LogP contribution >= 0.6 is 0 Å². The Morgan fingerprint density at radius 1 is 0.842 bits per heavy atom. The maximum atomic E-state index is 10.6. The molecule has 112 valence electrons. The van der Waals surface area contributed by atoms with Crippen molar-refractivity contribution in [2.45, 2.75) is 71.1 Å². The van der Waals surface area contributed by atoms with Crippen LogP contribution in [0, 0.1) is 0 Å². The standard InChI is InChI=1S/C12H26O5S.Zn/c1-2-3-4-5-6-7-8-9-10-11-12-16-18(14,15)17-13;/h13H,2-12H2,1H3;. The van der Waals surface area contributed by atoms with Gasteiger partial charge in [-0.15, -0.1) is 0 Å². The van der Waals surface area contributed by atoms with E-state index in [1.807, 2.05) is 0 Å². The first-order valence-corrected chi connectivity index (χ1v) is 8.18. The Hall–Kier alpha value is 0.453. The summed E-state index contributed by atoms with van der Waals surface area (Å²) < 4.78 is 28.7. The normalized spacial score (nSPS) is 11.3. The quantitative estimate of drug-likeness (QED) is 0.238. The fourth-order valence-electron chi connectivity index (χ4n) is 1.77. The Balaban J connectivity index is 0. The van der Waals surface area contributed by atoms with Crippen LogP contribution in [0.1, 0.15) is 71.1 Å². The minimum Gasteiger partial charge on any atom is -0.246 e. The summed E-state index contributed by atoms with van der Waals surface area (Å²) in [5.74, 6) is 0. The Bertz CT molecular complexity index is 269. The van der Waals surface area contributed by atoms with E-state index in [4.69, 9.17) is 5.26 Å². The van der Waals surface area contributed by atoms with Crippen molar-refractivity contribution in [1.82, 2.24) is 0 Å². The van der Waals surface area contributed by atoms with E-state index in [-0.39, 0.29) is 26.1 Å². The summed E-state index contributed by atoms with van der Waals surface area (Å²) in [5.41, 5.74) is 0. The molecule has 0 atom stereocenters. The molecule has 0 aliphatic rings. The molecule has 0 heterocycles. The van der Waals surface area contributed by atoms with E-state index in [1.165, 1.54) is 44.9 Å². The van der Waals surface area contributed by atoms with Gasteiger partial charge in [-0.25, -0.2) is 9.44 Å². The third kappa shape index (κ3) is 16.4. The first-order chi connectivity index (χ1) is 8.62. The van der Waals surface area contributed by atoms with Gasteiger partial charge in [0.25, 0.3) is 0 Å². The van der Waals surface area contributed by atoms with Crippen molar-refractivity contribution >= 4 is 10.4 Å². The summed E-state index contributed by atoms with van der Waals surface area (Å²) in [4.78, 5) is 0. The van der Waals surface area contributed by atoms with E-state index in [9.17, 15) is 8.42 Å². The first-order valence-electron chi connectivity index (χ1n) is 6.85. The van der Waals surface area contributed by atoms with E-state index in [2.05, 4.69) is 15.4 Å². The van der Waals surface area contributed by atoms with Crippen LogP contribution in [-0.2, 0) is 38.4 Å². The summed E-state index contributed by atoms with van der Waals surface area (Å²) >= 11 is 0. The number of hydrogen-bond acceptors (Lipinski definition) is 5. The largest absolute Gasteiger partial charge is 0.426 e. The van der Waals surface area contributed by atoms with Crippen LogP contribution in [-0.4, -0.2) is 20.3 Å². The molecule has 0 bridgehead atoms. The maximum Gasteiger partial charge on any atom is 0.426 e. The van der Waals surface area contributed by atoms with Gasteiger partial charge in [-0.05, 0) is 6.42 Å². The average Bonchev–Trinajstić information content (AvgIpc) is 2.36. The summed E-state index contributed by atoms with van der Waals surface area (Å²) in [6, 6.07) is 0. The maximum absolute atomic E-state index is 10.6. The van der Waals surface area contributed by atoms with E-state index in [0.717, 1.165) is 12.8 Å². The van der Waals surface area contributed by atoms with Gasteiger partial charge in [0.15, 0.2) is 0 Å². The second-order valence-electron chi connectivity index (χ2n) is 4.49. The van der Waals surface area contributed by atoms with Crippen molar-refractivity contribution in [1.29, 1.82) is 0 Å². The molecule has 0 unspecified atom stereocenters. The molecular weight excluding hydrogens is 322 g/mol. The van der Waals surface area contributed by atoms with E-state index in [0.29, 0.717) is 6.42 Å². The van der Waals surface area contributed by atoms with Gasteiger partial charge in [0.2, 0.25) is 0 Å². The van der Waals surface area contributed by atoms with E-state index < -0.39 is 10.4 Å². The van der Waals surface area contributed by atoms with E-state index >= 15 is 0 Å². The molecule has 5 nitrogen and oxygen atoms in total. The van der Waals surface area contributed by atoms with Crippen molar-refractivity contribution in [2.24, 2.45) is 0 Å². The monoisotopic (exact) mass is 346 g/mol. The van der Waals surface area contributed by atoms with Crippen molar-refractivity contribution in [2.75, 3.05) is 6.61 Å². The summed E-state index contributed by atoms with van der Waals surface area (Å²) in [6.07, 6.45) is 11.7. The molecule has 0 saturated heterocycles. The predicted molar refractivity (Wildman–Crippen MR) is 70.4 cm³/mol. The van der Waals surface area contributed by atoms with Crippen LogP contribution in [0.5, 0.6) is 0 Å². The van der Waals surface area contributed by atoms with Gasteiger partial charge in [-0.3, -0.25) is 0 Å². The van der Waals surface area contributed by atoms with Crippen molar-refractivity contribution in [3.8, 4) is 0 Å². The van der Waals surface area contributed by atoms with Crippen molar-refractivity contribution in [3.05, 3.63) is 0 Å². The van der Waals surface area contributed by atoms with Gasteiger partial charge in [0.1, 0.15) is 0 Å². The predicted octanol–water partition coefficient (Wildman–Crippen LogP) is 3.66. The summed E-state index contributed by atoms with van der Waals surface area (Å²) in [6.45, 7) is 2.28. The zero-order valence-corrected chi connectivity index (χ0v) is 15.8. The SMILES string of the molecule is CCCCCCCCCCCCOS(=O)(=O)OO.[Zn]. The summed E-state index contributed by atoms with van der Waals surface area (Å²) in [5, 5.41) is 7.94. The van der Waals surface area contributed by atoms with Gasteiger partial charge in [-0.2, -0.15) is 8.42 Å². The van der Waals surface area contributed by atoms with Crippen LogP contribution in [0.25, 0.3) is 0 Å². The second-order valence-corrected chi connectivity index (χ2v) is 5.69. The minimum absolute atomic E-state index is 0. The first kappa shape index (κ1) is 21.7. The summed E-state index contributed by atoms with van der Waals surface area (Å²) in [7, 11) is -4.17. The molecule has 0 radical (unpaired) electrons. The van der Waals surface area contributed by atoms with E-state index in [1.54, 1.807) is 0 Å². The number of hydrogen-bond donors (Lipinski definition) is 1. The topological polar surface area (TPSA) is 72.8 Å². The molecule has 0 rings (SSSR count). The second kappa shape index (κ2) is 14.9. The molecule has 0 aromatic heterocycles. The third-order valence-corrected chi connectivity index (χ3v) is 3.45. The van der Waals surface area contributed by atoms with Gasteiger partial charge in [0, 0.05) is 19.5 Å². The van der Waals surface area contributed by atoms with Crippen LogP contribution in [0.3, 0.4) is 0 Å². The van der Waals surface area contributed by atoms with Gasteiger partial charge in [-0.1, -0.05) is 69.0 Å². The number of rotatable bonds is 13. The molecule has 0 aromatic carbocycles. The van der Waals surface area contributed by atoms with Gasteiger partial charge < -0.3 is 0 Å². The smallest absolute Gasteiger partial charge is 0.246 e.